The van der Waals surface area contributed by atoms with Gasteiger partial charge in [0.2, 0.25) is 0 Å². The van der Waals surface area contributed by atoms with E-state index in [0.717, 1.165) is 18.4 Å². The second-order valence-corrected chi connectivity index (χ2v) is 6.53. The van der Waals surface area contributed by atoms with Crippen LogP contribution in [-0.4, -0.2) is 35.1 Å². The molecule has 1 atom stereocenters. The third-order valence-corrected chi connectivity index (χ3v) is 4.87. The number of benzene rings is 1. The van der Waals surface area contributed by atoms with Gasteiger partial charge in [-0.15, -0.1) is 0 Å². The second-order valence-electron chi connectivity index (χ2n) is 6.53. The Labute approximate surface area is 137 Å². The van der Waals surface area contributed by atoms with Crippen molar-refractivity contribution in [1.29, 1.82) is 0 Å². The molecule has 1 fully saturated rings. The van der Waals surface area contributed by atoms with Crippen molar-refractivity contribution in [2.75, 3.05) is 7.05 Å². The first-order chi connectivity index (χ1) is 10.9. The van der Waals surface area contributed by atoms with Gasteiger partial charge in [-0.2, -0.15) is 0 Å². The van der Waals surface area contributed by atoms with Crippen LogP contribution in [0.2, 0.25) is 0 Å². The van der Waals surface area contributed by atoms with Crippen molar-refractivity contribution in [1.82, 2.24) is 10.2 Å². The van der Waals surface area contributed by atoms with Crippen molar-refractivity contribution in [3.05, 3.63) is 35.4 Å². The van der Waals surface area contributed by atoms with E-state index in [0.29, 0.717) is 12.8 Å². The molecule has 1 aromatic carbocycles. The molecule has 23 heavy (non-hydrogen) atoms. The largest absolute Gasteiger partial charge is 0.481 e. The van der Waals surface area contributed by atoms with Crippen molar-refractivity contribution in [3.63, 3.8) is 0 Å². The van der Waals surface area contributed by atoms with E-state index in [1.54, 1.807) is 11.9 Å². The maximum absolute atomic E-state index is 12.4. The third-order valence-electron chi connectivity index (χ3n) is 4.87. The summed E-state index contributed by atoms with van der Waals surface area (Å²) in [5.41, 5.74) is 2.30. The number of urea groups is 1. The standard InChI is InChI=1S/C18H26N2O3/c1-12-4-6-14(7-5-12)13(2)20(3)18(23)19-16-10-8-15(9-11-16)17(21)22/h4-7,13,15-16H,8-11H2,1-3H3,(H,19,23)(H,21,22). The summed E-state index contributed by atoms with van der Waals surface area (Å²) in [6.07, 6.45) is 2.74. The number of carbonyl (C=O) groups is 2. The Morgan fingerprint density at radius 1 is 1.17 bits per heavy atom. The zero-order chi connectivity index (χ0) is 17.0. The second kappa shape index (κ2) is 7.49. The minimum Gasteiger partial charge on any atom is -0.481 e. The highest BCUT2D eigenvalue weighted by Gasteiger charge is 2.28. The smallest absolute Gasteiger partial charge is 0.317 e. The highest BCUT2D eigenvalue weighted by Crippen LogP contribution is 2.25. The summed E-state index contributed by atoms with van der Waals surface area (Å²) >= 11 is 0. The molecule has 1 unspecified atom stereocenters. The number of aliphatic carboxylic acids is 1. The van der Waals surface area contributed by atoms with Crippen LogP contribution in [0, 0.1) is 12.8 Å². The lowest BCUT2D eigenvalue weighted by molar-refractivity contribution is -0.142. The maximum Gasteiger partial charge on any atom is 0.317 e. The molecular weight excluding hydrogens is 292 g/mol. The lowest BCUT2D eigenvalue weighted by Crippen LogP contribution is -2.45. The number of amides is 2. The fraction of sp³-hybridized carbons (Fsp3) is 0.556. The number of carboxylic acid groups (broad SMARTS) is 1. The molecule has 0 saturated heterocycles. The SMILES string of the molecule is Cc1ccc(C(C)N(C)C(=O)NC2CCC(C(=O)O)CC2)cc1. The number of carboxylic acids is 1. The van der Waals surface area contributed by atoms with E-state index in [1.165, 1.54) is 5.56 Å². The molecule has 0 radical (unpaired) electrons. The van der Waals surface area contributed by atoms with Crippen LogP contribution in [0.5, 0.6) is 0 Å². The Morgan fingerprint density at radius 2 is 1.74 bits per heavy atom. The van der Waals surface area contributed by atoms with Gasteiger partial charge in [0.15, 0.2) is 0 Å². The number of hydrogen-bond acceptors (Lipinski definition) is 2. The molecule has 0 aromatic heterocycles. The molecule has 1 saturated carbocycles. The Morgan fingerprint density at radius 3 is 2.26 bits per heavy atom. The van der Waals surface area contributed by atoms with Gasteiger partial charge in [-0.3, -0.25) is 4.79 Å². The topological polar surface area (TPSA) is 69.6 Å². The van der Waals surface area contributed by atoms with Crippen LogP contribution in [0.1, 0.15) is 49.8 Å². The molecule has 0 spiro atoms. The normalized spacial score (nSPS) is 22.2. The fourth-order valence-corrected chi connectivity index (χ4v) is 3.01. The van der Waals surface area contributed by atoms with Gasteiger partial charge in [-0.25, -0.2) is 4.79 Å². The van der Waals surface area contributed by atoms with Gasteiger partial charge < -0.3 is 15.3 Å². The number of nitrogens with one attached hydrogen (secondary N) is 1. The Bertz CT molecular complexity index is 548. The zero-order valence-corrected chi connectivity index (χ0v) is 14.1. The summed E-state index contributed by atoms with van der Waals surface area (Å²) in [6.45, 7) is 4.05. The molecule has 126 valence electrons. The van der Waals surface area contributed by atoms with Gasteiger partial charge in [0.25, 0.3) is 0 Å². The molecule has 0 bridgehead atoms. The predicted molar refractivity (Wildman–Crippen MR) is 89.3 cm³/mol. The number of hydrogen-bond donors (Lipinski definition) is 2. The number of aryl methyl sites for hydroxylation is 1. The summed E-state index contributed by atoms with van der Waals surface area (Å²) in [6, 6.07) is 8.15. The summed E-state index contributed by atoms with van der Waals surface area (Å²) in [5, 5.41) is 12.1. The first-order valence-corrected chi connectivity index (χ1v) is 8.21. The van der Waals surface area contributed by atoms with Crippen LogP contribution in [0.4, 0.5) is 4.79 Å². The average Bonchev–Trinajstić information content (AvgIpc) is 2.54. The molecule has 5 nitrogen and oxygen atoms in total. The van der Waals surface area contributed by atoms with Gasteiger partial charge >= 0.3 is 12.0 Å². The fourth-order valence-electron chi connectivity index (χ4n) is 3.01. The summed E-state index contributed by atoms with van der Waals surface area (Å²) in [4.78, 5) is 25.1. The molecule has 1 aromatic rings. The Balaban J connectivity index is 1.87. The van der Waals surface area contributed by atoms with E-state index in [2.05, 4.69) is 5.32 Å². The van der Waals surface area contributed by atoms with Crippen molar-refractivity contribution in [3.8, 4) is 0 Å². The first-order valence-electron chi connectivity index (χ1n) is 8.21. The molecule has 2 amide bonds. The van der Waals surface area contributed by atoms with Crippen LogP contribution in [0.25, 0.3) is 0 Å². The Kier molecular flexibility index (Phi) is 5.64. The van der Waals surface area contributed by atoms with Gasteiger partial charge in [0, 0.05) is 13.1 Å². The highest BCUT2D eigenvalue weighted by atomic mass is 16.4. The molecule has 2 N–H and O–H groups in total. The van der Waals surface area contributed by atoms with Gasteiger partial charge in [0.05, 0.1) is 12.0 Å². The summed E-state index contributed by atoms with van der Waals surface area (Å²) in [7, 11) is 1.79. The summed E-state index contributed by atoms with van der Waals surface area (Å²) in [5.74, 6) is -0.979. The number of carbonyl (C=O) groups excluding carboxylic acids is 1. The van der Waals surface area contributed by atoms with Crippen LogP contribution in [0.15, 0.2) is 24.3 Å². The van der Waals surface area contributed by atoms with E-state index in [4.69, 9.17) is 5.11 Å². The maximum atomic E-state index is 12.4. The molecule has 1 aliphatic carbocycles. The predicted octanol–water partition coefficient (Wildman–Crippen LogP) is 3.34. The van der Waals surface area contributed by atoms with Crippen molar-refractivity contribution >= 4 is 12.0 Å². The summed E-state index contributed by atoms with van der Waals surface area (Å²) < 4.78 is 0. The molecule has 0 aliphatic heterocycles. The van der Waals surface area contributed by atoms with Gasteiger partial charge in [-0.05, 0) is 45.1 Å². The Hall–Kier alpha value is -2.04. The van der Waals surface area contributed by atoms with Crippen molar-refractivity contribution in [2.24, 2.45) is 5.92 Å². The van der Waals surface area contributed by atoms with Crippen molar-refractivity contribution in [2.45, 2.75) is 51.6 Å². The van der Waals surface area contributed by atoms with E-state index in [1.807, 2.05) is 38.1 Å². The van der Waals surface area contributed by atoms with Crippen LogP contribution < -0.4 is 5.32 Å². The third kappa shape index (κ3) is 4.47. The number of nitrogens with zero attached hydrogens (tertiary/aromatic N) is 1. The number of rotatable bonds is 4. The van der Waals surface area contributed by atoms with Crippen LogP contribution in [0.3, 0.4) is 0 Å². The average molecular weight is 318 g/mol. The van der Waals surface area contributed by atoms with Crippen LogP contribution >= 0.6 is 0 Å². The quantitative estimate of drug-likeness (QED) is 0.894. The van der Waals surface area contributed by atoms with E-state index >= 15 is 0 Å². The lowest BCUT2D eigenvalue weighted by Gasteiger charge is -2.31. The van der Waals surface area contributed by atoms with E-state index in [-0.39, 0.29) is 24.0 Å². The molecule has 5 heteroatoms. The molecule has 2 rings (SSSR count). The lowest BCUT2D eigenvalue weighted by atomic mass is 9.86. The minimum absolute atomic E-state index is 0.00837. The van der Waals surface area contributed by atoms with E-state index in [9.17, 15) is 9.59 Å². The molecule has 0 heterocycles. The zero-order valence-electron chi connectivity index (χ0n) is 14.1. The monoisotopic (exact) mass is 318 g/mol. The van der Waals surface area contributed by atoms with Crippen LogP contribution in [-0.2, 0) is 4.79 Å². The van der Waals surface area contributed by atoms with E-state index < -0.39 is 5.97 Å². The van der Waals surface area contributed by atoms with Gasteiger partial charge in [-0.1, -0.05) is 29.8 Å². The van der Waals surface area contributed by atoms with Crippen molar-refractivity contribution < 1.29 is 14.7 Å². The molecular formula is C18H26N2O3. The molecule has 1 aliphatic rings. The van der Waals surface area contributed by atoms with Gasteiger partial charge in [0.1, 0.15) is 0 Å². The highest BCUT2D eigenvalue weighted by molar-refractivity contribution is 5.75. The first kappa shape index (κ1) is 17.3. The minimum atomic E-state index is -0.722.